The molecule has 0 bridgehead atoms. The van der Waals surface area contributed by atoms with Crippen LogP contribution >= 0.6 is 12.4 Å². The smallest absolute Gasteiger partial charge is 0.227 e. The Bertz CT molecular complexity index is 912. The molecule has 0 unspecified atom stereocenters. The van der Waals surface area contributed by atoms with E-state index >= 15 is 0 Å². The molecule has 0 atom stereocenters. The Labute approximate surface area is 164 Å². The number of phenolic OH excluding ortho intramolecular Hbond substituents is 1. The summed E-state index contributed by atoms with van der Waals surface area (Å²) in [4.78, 5) is 6.73. The third-order valence-corrected chi connectivity index (χ3v) is 4.16. The van der Waals surface area contributed by atoms with Crippen LogP contribution in [0.1, 0.15) is 5.76 Å². The maximum absolute atomic E-state index is 10.1. The first kappa shape index (κ1) is 20.5. The molecule has 2 aromatic carbocycles. The minimum Gasteiger partial charge on any atom is -0.502 e. The summed E-state index contributed by atoms with van der Waals surface area (Å²) in [6.07, 6.45) is 0. The fourth-order valence-electron chi connectivity index (χ4n) is 2.85. The van der Waals surface area contributed by atoms with Crippen LogP contribution in [0.4, 0.5) is 5.69 Å². The number of rotatable bonds is 5. The van der Waals surface area contributed by atoms with Crippen molar-refractivity contribution in [2.24, 2.45) is 0 Å². The van der Waals surface area contributed by atoms with Crippen LogP contribution in [0.3, 0.4) is 0 Å². The molecule has 3 aromatic rings. The van der Waals surface area contributed by atoms with Gasteiger partial charge in [0.05, 0.1) is 14.2 Å². The van der Waals surface area contributed by atoms with Crippen molar-refractivity contribution in [3.05, 3.63) is 42.2 Å². The maximum Gasteiger partial charge on any atom is 0.227 e. The Morgan fingerprint density at radius 2 is 1.63 bits per heavy atom. The van der Waals surface area contributed by atoms with E-state index in [9.17, 15) is 5.11 Å². The number of ether oxygens (including phenoxy) is 2. The molecule has 27 heavy (non-hydrogen) atoms. The van der Waals surface area contributed by atoms with Gasteiger partial charge in [0.25, 0.3) is 0 Å². The molecule has 7 heteroatoms. The van der Waals surface area contributed by atoms with Crippen LogP contribution < -0.4 is 14.4 Å². The van der Waals surface area contributed by atoms with E-state index < -0.39 is 0 Å². The largest absolute Gasteiger partial charge is 0.502 e. The quantitative estimate of drug-likeness (QED) is 0.690. The number of oxazole rings is 1. The molecule has 0 radical (unpaired) electrons. The van der Waals surface area contributed by atoms with Gasteiger partial charge in [-0.05, 0) is 25.1 Å². The first-order valence-corrected chi connectivity index (χ1v) is 8.15. The molecule has 0 saturated heterocycles. The zero-order chi connectivity index (χ0) is 18.8. The molecule has 144 valence electrons. The van der Waals surface area contributed by atoms with Crippen molar-refractivity contribution in [1.82, 2.24) is 4.98 Å². The minimum atomic E-state index is -0.0554. The number of hydrogen-bond donors (Lipinski definition) is 1. The molecule has 0 aliphatic rings. The summed E-state index contributed by atoms with van der Waals surface area (Å²) in [5.74, 6) is 1.68. The molecule has 0 amide bonds. The van der Waals surface area contributed by atoms with Crippen LogP contribution in [-0.2, 0) is 0 Å². The summed E-state index contributed by atoms with van der Waals surface area (Å²) in [5.41, 5.74) is 3.47. The number of benzene rings is 2. The number of aromatic hydroxyl groups is 1. The maximum atomic E-state index is 10.1. The SMILES string of the molecule is COc1cc(-c2nc(-c3ccccc3N(C)C)c(C)o2)cc(OC)c1O.Cl. The third kappa shape index (κ3) is 3.80. The normalized spacial score (nSPS) is 10.3. The van der Waals surface area contributed by atoms with Gasteiger partial charge in [-0.25, -0.2) is 4.98 Å². The fraction of sp³-hybridized carbons (Fsp3) is 0.250. The molecule has 1 N–H and O–H groups in total. The van der Waals surface area contributed by atoms with E-state index in [0.29, 0.717) is 28.7 Å². The van der Waals surface area contributed by atoms with E-state index in [0.717, 1.165) is 16.9 Å². The second-order valence-electron chi connectivity index (χ2n) is 6.06. The van der Waals surface area contributed by atoms with Gasteiger partial charge in [0.15, 0.2) is 11.5 Å². The van der Waals surface area contributed by atoms with Gasteiger partial charge in [-0.15, -0.1) is 12.4 Å². The molecule has 0 fully saturated rings. The topological polar surface area (TPSA) is 68.0 Å². The van der Waals surface area contributed by atoms with Gasteiger partial charge in [-0.1, -0.05) is 18.2 Å². The Kier molecular flexibility index (Phi) is 6.23. The van der Waals surface area contributed by atoms with Crippen molar-refractivity contribution < 1.29 is 19.0 Å². The summed E-state index contributed by atoms with van der Waals surface area (Å²) in [5, 5.41) is 10.1. The Morgan fingerprint density at radius 3 is 2.19 bits per heavy atom. The van der Waals surface area contributed by atoms with Crippen molar-refractivity contribution in [3.8, 4) is 40.0 Å². The number of aromatic nitrogens is 1. The summed E-state index contributed by atoms with van der Waals surface area (Å²) in [6, 6.07) is 11.4. The van der Waals surface area contributed by atoms with Gasteiger partial charge in [-0.2, -0.15) is 0 Å². The fourth-order valence-corrected chi connectivity index (χ4v) is 2.85. The van der Waals surface area contributed by atoms with E-state index in [2.05, 4.69) is 4.98 Å². The highest BCUT2D eigenvalue weighted by atomic mass is 35.5. The molecule has 0 saturated carbocycles. The minimum absolute atomic E-state index is 0. The predicted molar refractivity (Wildman–Crippen MR) is 108 cm³/mol. The van der Waals surface area contributed by atoms with Crippen molar-refractivity contribution >= 4 is 18.1 Å². The number of methoxy groups -OCH3 is 2. The van der Waals surface area contributed by atoms with Crippen LogP contribution in [0.15, 0.2) is 40.8 Å². The number of aryl methyl sites for hydroxylation is 1. The Morgan fingerprint density at radius 1 is 1.04 bits per heavy atom. The molecule has 1 heterocycles. The van der Waals surface area contributed by atoms with E-state index in [-0.39, 0.29) is 18.2 Å². The molecule has 6 nitrogen and oxygen atoms in total. The van der Waals surface area contributed by atoms with Crippen LogP contribution in [0.5, 0.6) is 17.2 Å². The van der Waals surface area contributed by atoms with Gasteiger partial charge < -0.3 is 23.9 Å². The Hall–Kier alpha value is -2.86. The van der Waals surface area contributed by atoms with Crippen molar-refractivity contribution in [2.45, 2.75) is 6.92 Å². The number of halogens is 1. The standard InChI is InChI=1S/C20H22N2O4.ClH/c1-12-18(14-8-6-7-9-15(14)22(2)3)21-20(26-12)13-10-16(24-4)19(23)17(11-13)25-5;/h6-11,23H,1-5H3;1H. The first-order valence-electron chi connectivity index (χ1n) is 8.15. The van der Waals surface area contributed by atoms with Crippen molar-refractivity contribution in [2.75, 3.05) is 33.2 Å². The molecule has 0 aliphatic carbocycles. The second-order valence-corrected chi connectivity index (χ2v) is 6.06. The van der Waals surface area contributed by atoms with Crippen LogP contribution in [0.25, 0.3) is 22.7 Å². The molecular formula is C20H23ClN2O4. The summed E-state index contributed by atoms with van der Waals surface area (Å²) < 4.78 is 16.3. The number of anilines is 1. The average Bonchev–Trinajstić information content (AvgIpc) is 3.03. The lowest BCUT2D eigenvalue weighted by molar-refractivity contribution is 0.340. The third-order valence-electron chi connectivity index (χ3n) is 4.16. The molecule has 1 aromatic heterocycles. The van der Waals surface area contributed by atoms with Gasteiger partial charge in [-0.3, -0.25) is 0 Å². The molecular weight excluding hydrogens is 368 g/mol. The average molecular weight is 391 g/mol. The van der Waals surface area contributed by atoms with E-state index in [4.69, 9.17) is 13.9 Å². The highest BCUT2D eigenvalue weighted by Crippen LogP contribution is 2.41. The number of nitrogens with zero attached hydrogens (tertiary/aromatic N) is 2. The lowest BCUT2D eigenvalue weighted by Crippen LogP contribution is -2.09. The van der Waals surface area contributed by atoms with Crippen LogP contribution in [0.2, 0.25) is 0 Å². The van der Waals surface area contributed by atoms with Crippen LogP contribution in [-0.4, -0.2) is 38.4 Å². The zero-order valence-electron chi connectivity index (χ0n) is 15.9. The summed E-state index contributed by atoms with van der Waals surface area (Å²) in [7, 11) is 6.95. The Balaban J connectivity index is 0.00000261. The second kappa shape index (κ2) is 8.22. The number of para-hydroxylation sites is 1. The lowest BCUT2D eigenvalue weighted by Gasteiger charge is -2.16. The first-order chi connectivity index (χ1) is 12.5. The van der Waals surface area contributed by atoms with E-state index in [1.165, 1.54) is 14.2 Å². The summed E-state index contributed by atoms with van der Waals surface area (Å²) in [6.45, 7) is 1.88. The molecule has 0 spiro atoms. The van der Waals surface area contributed by atoms with Gasteiger partial charge in [0.1, 0.15) is 11.5 Å². The monoisotopic (exact) mass is 390 g/mol. The number of phenols is 1. The molecule has 0 aliphatic heterocycles. The van der Waals surface area contributed by atoms with Gasteiger partial charge >= 0.3 is 0 Å². The highest BCUT2D eigenvalue weighted by Gasteiger charge is 2.19. The highest BCUT2D eigenvalue weighted by molar-refractivity contribution is 5.85. The van der Waals surface area contributed by atoms with E-state index in [1.807, 2.05) is 50.2 Å². The predicted octanol–water partition coefficient (Wildman–Crippen LogP) is 4.53. The lowest BCUT2D eigenvalue weighted by atomic mass is 10.1. The number of hydrogen-bond acceptors (Lipinski definition) is 6. The zero-order valence-corrected chi connectivity index (χ0v) is 16.8. The summed E-state index contributed by atoms with van der Waals surface area (Å²) >= 11 is 0. The van der Waals surface area contributed by atoms with Gasteiger partial charge in [0.2, 0.25) is 11.6 Å². The van der Waals surface area contributed by atoms with Gasteiger partial charge in [0, 0.05) is 30.9 Å². The molecule has 3 rings (SSSR count). The van der Waals surface area contributed by atoms with E-state index in [1.54, 1.807) is 12.1 Å². The van der Waals surface area contributed by atoms with Crippen molar-refractivity contribution in [1.29, 1.82) is 0 Å². The van der Waals surface area contributed by atoms with Crippen LogP contribution in [0, 0.1) is 6.92 Å². The van der Waals surface area contributed by atoms with Crippen molar-refractivity contribution in [3.63, 3.8) is 0 Å².